The number of nitrogens with two attached hydrogens (primary N) is 1. The summed E-state index contributed by atoms with van der Waals surface area (Å²) in [7, 11) is 0. The van der Waals surface area contributed by atoms with Crippen LogP contribution in [0, 0.1) is 12.7 Å². The lowest BCUT2D eigenvalue weighted by Crippen LogP contribution is -1.99. The molecule has 2 aromatic carbocycles. The van der Waals surface area contributed by atoms with Gasteiger partial charge in [0, 0.05) is 6.54 Å². The van der Waals surface area contributed by atoms with Gasteiger partial charge in [0.15, 0.2) is 0 Å². The summed E-state index contributed by atoms with van der Waals surface area (Å²) in [6.07, 6.45) is 0. The first kappa shape index (κ1) is 10.8. The van der Waals surface area contributed by atoms with E-state index in [1.807, 2.05) is 31.2 Å². The summed E-state index contributed by atoms with van der Waals surface area (Å²) in [5.74, 6) is -0.220. The average molecular weight is 215 g/mol. The van der Waals surface area contributed by atoms with Crippen molar-refractivity contribution >= 4 is 0 Å². The highest BCUT2D eigenvalue weighted by molar-refractivity contribution is 5.68. The smallest absolute Gasteiger partial charge is 0.123 e. The van der Waals surface area contributed by atoms with Gasteiger partial charge >= 0.3 is 0 Å². The van der Waals surface area contributed by atoms with Crippen molar-refractivity contribution in [3.8, 4) is 11.1 Å². The van der Waals surface area contributed by atoms with Crippen molar-refractivity contribution in [2.24, 2.45) is 5.73 Å². The van der Waals surface area contributed by atoms with Gasteiger partial charge in [-0.1, -0.05) is 35.9 Å². The fourth-order valence-electron chi connectivity index (χ4n) is 1.79. The zero-order valence-corrected chi connectivity index (χ0v) is 9.20. The highest BCUT2D eigenvalue weighted by Crippen LogP contribution is 2.25. The van der Waals surface area contributed by atoms with Crippen molar-refractivity contribution < 1.29 is 4.39 Å². The van der Waals surface area contributed by atoms with Gasteiger partial charge in [0.25, 0.3) is 0 Å². The van der Waals surface area contributed by atoms with Gasteiger partial charge in [-0.15, -0.1) is 0 Å². The Labute approximate surface area is 94.7 Å². The fourth-order valence-corrected chi connectivity index (χ4v) is 1.79. The van der Waals surface area contributed by atoms with Crippen LogP contribution in [-0.4, -0.2) is 0 Å². The van der Waals surface area contributed by atoms with Gasteiger partial charge in [-0.3, -0.25) is 0 Å². The monoisotopic (exact) mass is 215 g/mol. The third kappa shape index (κ3) is 2.12. The molecule has 0 amide bonds. The molecule has 0 saturated carbocycles. The number of benzene rings is 2. The molecule has 0 saturated heterocycles. The normalized spacial score (nSPS) is 10.4. The van der Waals surface area contributed by atoms with E-state index in [1.54, 1.807) is 6.07 Å². The van der Waals surface area contributed by atoms with Gasteiger partial charge < -0.3 is 5.73 Å². The van der Waals surface area contributed by atoms with E-state index in [4.69, 9.17) is 5.73 Å². The summed E-state index contributed by atoms with van der Waals surface area (Å²) in [4.78, 5) is 0. The van der Waals surface area contributed by atoms with Gasteiger partial charge in [-0.2, -0.15) is 0 Å². The van der Waals surface area contributed by atoms with E-state index >= 15 is 0 Å². The van der Waals surface area contributed by atoms with Crippen LogP contribution in [0.4, 0.5) is 4.39 Å². The number of hydrogen-bond acceptors (Lipinski definition) is 1. The third-order valence-electron chi connectivity index (χ3n) is 2.62. The quantitative estimate of drug-likeness (QED) is 0.817. The van der Waals surface area contributed by atoms with E-state index in [0.717, 1.165) is 22.3 Å². The molecule has 0 aliphatic rings. The Balaban J connectivity index is 2.58. The molecule has 1 nitrogen and oxygen atoms in total. The van der Waals surface area contributed by atoms with E-state index in [-0.39, 0.29) is 5.82 Å². The molecule has 0 atom stereocenters. The first-order valence-electron chi connectivity index (χ1n) is 5.26. The van der Waals surface area contributed by atoms with Gasteiger partial charge in [0.1, 0.15) is 5.82 Å². The first-order chi connectivity index (χ1) is 7.70. The molecule has 0 radical (unpaired) electrons. The zero-order valence-electron chi connectivity index (χ0n) is 9.20. The van der Waals surface area contributed by atoms with Gasteiger partial charge in [-0.25, -0.2) is 4.39 Å². The molecule has 0 unspecified atom stereocenters. The van der Waals surface area contributed by atoms with Crippen LogP contribution >= 0.6 is 0 Å². The first-order valence-corrected chi connectivity index (χ1v) is 5.26. The topological polar surface area (TPSA) is 26.0 Å². The Hall–Kier alpha value is -1.67. The minimum Gasteiger partial charge on any atom is -0.326 e. The second-order valence-electron chi connectivity index (χ2n) is 3.88. The maximum absolute atomic E-state index is 13.2. The minimum absolute atomic E-state index is 0.220. The van der Waals surface area contributed by atoms with Crippen molar-refractivity contribution in [3.63, 3.8) is 0 Å². The molecule has 2 rings (SSSR count). The average Bonchev–Trinajstić information content (AvgIpc) is 2.29. The van der Waals surface area contributed by atoms with E-state index in [1.165, 1.54) is 12.1 Å². The van der Waals surface area contributed by atoms with Crippen LogP contribution in [0.2, 0.25) is 0 Å². The highest BCUT2D eigenvalue weighted by atomic mass is 19.1. The molecule has 82 valence electrons. The lowest BCUT2D eigenvalue weighted by molar-refractivity contribution is 0.628. The van der Waals surface area contributed by atoms with Gasteiger partial charge in [0.2, 0.25) is 0 Å². The second-order valence-corrected chi connectivity index (χ2v) is 3.88. The van der Waals surface area contributed by atoms with Crippen molar-refractivity contribution in [1.29, 1.82) is 0 Å². The van der Waals surface area contributed by atoms with E-state index in [2.05, 4.69) is 0 Å². The van der Waals surface area contributed by atoms with Crippen LogP contribution in [-0.2, 0) is 6.54 Å². The maximum atomic E-state index is 13.2. The second kappa shape index (κ2) is 4.45. The summed E-state index contributed by atoms with van der Waals surface area (Å²) in [5, 5.41) is 0. The van der Waals surface area contributed by atoms with Crippen molar-refractivity contribution in [2.45, 2.75) is 13.5 Å². The summed E-state index contributed by atoms with van der Waals surface area (Å²) >= 11 is 0. The summed E-state index contributed by atoms with van der Waals surface area (Å²) in [6, 6.07) is 12.6. The summed E-state index contributed by atoms with van der Waals surface area (Å²) < 4.78 is 13.2. The molecule has 2 N–H and O–H groups in total. The minimum atomic E-state index is -0.220. The molecule has 0 spiro atoms. The van der Waals surface area contributed by atoms with Crippen LogP contribution < -0.4 is 5.73 Å². The molecular weight excluding hydrogens is 201 g/mol. The summed E-state index contributed by atoms with van der Waals surface area (Å²) in [6.45, 7) is 2.48. The number of aryl methyl sites for hydroxylation is 1. The molecule has 0 bridgehead atoms. The predicted octanol–water partition coefficient (Wildman–Crippen LogP) is 3.26. The third-order valence-corrected chi connectivity index (χ3v) is 2.62. The van der Waals surface area contributed by atoms with Crippen LogP contribution in [0.15, 0.2) is 42.5 Å². The van der Waals surface area contributed by atoms with Crippen LogP contribution in [0.1, 0.15) is 11.1 Å². The molecule has 2 aromatic rings. The highest BCUT2D eigenvalue weighted by Gasteiger charge is 2.04. The maximum Gasteiger partial charge on any atom is 0.123 e. The van der Waals surface area contributed by atoms with E-state index in [9.17, 15) is 4.39 Å². The van der Waals surface area contributed by atoms with Crippen molar-refractivity contribution in [1.82, 2.24) is 0 Å². The molecule has 0 aliphatic carbocycles. The van der Waals surface area contributed by atoms with Crippen molar-refractivity contribution in [2.75, 3.05) is 0 Å². The molecule has 0 aliphatic heterocycles. The lowest BCUT2D eigenvalue weighted by Gasteiger charge is -2.09. The molecule has 0 fully saturated rings. The SMILES string of the molecule is Cc1ccc(CN)c(-c2cccc(F)c2)c1. The predicted molar refractivity (Wildman–Crippen MR) is 64.5 cm³/mol. The zero-order chi connectivity index (χ0) is 11.5. The lowest BCUT2D eigenvalue weighted by atomic mass is 9.97. The Bertz CT molecular complexity index is 506. The number of hydrogen-bond donors (Lipinski definition) is 1. The van der Waals surface area contributed by atoms with Gasteiger partial charge in [-0.05, 0) is 35.7 Å². The van der Waals surface area contributed by atoms with Crippen LogP contribution in [0.5, 0.6) is 0 Å². The molecule has 0 heterocycles. The summed E-state index contributed by atoms with van der Waals surface area (Å²) in [5.41, 5.74) is 9.76. The molecular formula is C14H14FN. The fraction of sp³-hybridized carbons (Fsp3) is 0.143. The molecule has 0 aromatic heterocycles. The molecule has 16 heavy (non-hydrogen) atoms. The van der Waals surface area contributed by atoms with E-state index in [0.29, 0.717) is 6.54 Å². The molecule has 2 heteroatoms. The number of rotatable bonds is 2. The Morgan fingerprint density at radius 1 is 1.12 bits per heavy atom. The van der Waals surface area contributed by atoms with E-state index < -0.39 is 0 Å². The Morgan fingerprint density at radius 3 is 2.62 bits per heavy atom. The largest absolute Gasteiger partial charge is 0.326 e. The number of halogens is 1. The van der Waals surface area contributed by atoms with Crippen molar-refractivity contribution in [3.05, 3.63) is 59.4 Å². The van der Waals surface area contributed by atoms with Gasteiger partial charge in [0.05, 0.1) is 0 Å². The van der Waals surface area contributed by atoms with Crippen LogP contribution in [0.25, 0.3) is 11.1 Å². The Kier molecular flexibility index (Phi) is 3.02. The Morgan fingerprint density at radius 2 is 1.94 bits per heavy atom. The van der Waals surface area contributed by atoms with Crippen LogP contribution in [0.3, 0.4) is 0 Å². The standard InChI is InChI=1S/C14H14FN/c1-10-5-6-12(9-16)14(7-10)11-3-2-4-13(15)8-11/h2-8H,9,16H2,1H3.